The minimum absolute atomic E-state index is 0.00565. The van der Waals surface area contributed by atoms with Crippen molar-refractivity contribution >= 4 is 0 Å². The molecule has 1 N–H and O–H groups in total. The highest BCUT2D eigenvalue weighted by Crippen LogP contribution is 2.34. The lowest BCUT2D eigenvalue weighted by Gasteiger charge is -2.27. The molecule has 0 spiro atoms. The van der Waals surface area contributed by atoms with Crippen LogP contribution in [-0.2, 0) is 0 Å². The highest BCUT2D eigenvalue weighted by Gasteiger charge is 2.24. The molecule has 2 atom stereocenters. The first-order chi connectivity index (χ1) is 8.65. The third-order valence-electron chi connectivity index (χ3n) is 3.28. The predicted molar refractivity (Wildman–Crippen MR) is 73.4 cm³/mol. The van der Waals surface area contributed by atoms with Crippen LogP contribution >= 0.6 is 0 Å². The Morgan fingerprint density at radius 1 is 1.33 bits per heavy atom. The van der Waals surface area contributed by atoms with Crippen molar-refractivity contribution in [1.82, 2.24) is 5.32 Å². The van der Waals surface area contributed by atoms with Gasteiger partial charge in [-0.3, -0.25) is 0 Å². The first-order valence-corrected chi connectivity index (χ1v) is 6.71. The van der Waals surface area contributed by atoms with E-state index in [1.165, 1.54) is 6.07 Å². The van der Waals surface area contributed by atoms with Crippen molar-refractivity contribution in [3.05, 3.63) is 29.6 Å². The highest BCUT2D eigenvalue weighted by molar-refractivity contribution is 5.37. The van der Waals surface area contributed by atoms with Crippen molar-refractivity contribution in [3.8, 4) is 5.75 Å². The standard InChI is InChI=1S/C15H24FNO/c1-5-8-11(3)15(17-6-2)14-12(16)9-7-10-13(14)18-4/h7,9-11,15,17H,5-6,8H2,1-4H3. The largest absolute Gasteiger partial charge is 0.496 e. The summed E-state index contributed by atoms with van der Waals surface area (Å²) in [5, 5.41) is 3.38. The summed E-state index contributed by atoms with van der Waals surface area (Å²) in [7, 11) is 1.59. The van der Waals surface area contributed by atoms with Gasteiger partial charge in [-0.2, -0.15) is 0 Å². The maximum Gasteiger partial charge on any atom is 0.131 e. The molecule has 1 aromatic rings. The van der Waals surface area contributed by atoms with Gasteiger partial charge in [0, 0.05) is 11.6 Å². The van der Waals surface area contributed by atoms with E-state index in [4.69, 9.17) is 4.74 Å². The first-order valence-electron chi connectivity index (χ1n) is 6.71. The third-order valence-corrected chi connectivity index (χ3v) is 3.28. The van der Waals surface area contributed by atoms with E-state index in [0.29, 0.717) is 17.2 Å². The molecule has 0 bridgehead atoms. The number of rotatable bonds is 7. The van der Waals surface area contributed by atoms with Crippen LogP contribution < -0.4 is 10.1 Å². The van der Waals surface area contributed by atoms with Crippen LogP contribution in [-0.4, -0.2) is 13.7 Å². The summed E-state index contributed by atoms with van der Waals surface area (Å²) in [5.41, 5.74) is 0.655. The van der Waals surface area contributed by atoms with Gasteiger partial charge in [-0.25, -0.2) is 4.39 Å². The summed E-state index contributed by atoms with van der Waals surface area (Å²) in [6.07, 6.45) is 2.16. The molecule has 1 aromatic carbocycles. The number of halogens is 1. The van der Waals surface area contributed by atoms with Gasteiger partial charge in [0.05, 0.1) is 7.11 Å². The van der Waals surface area contributed by atoms with E-state index < -0.39 is 0 Å². The Morgan fingerprint density at radius 3 is 2.61 bits per heavy atom. The number of nitrogens with one attached hydrogen (secondary N) is 1. The molecular formula is C15H24FNO. The molecule has 0 amide bonds. The quantitative estimate of drug-likeness (QED) is 0.795. The molecule has 3 heteroatoms. The lowest BCUT2D eigenvalue weighted by molar-refractivity contribution is 0.335. The van der Waals surface area contributed by atoms with E-state index in [1.54, 1.807) is 13.2 Å². The number of hydrogen-bond acceptors (Lipinski definition) is 2. The van der Waals surface area contributed by atoms with Crippen molar-refractivity contribution in [2.45, 2.75) is 39.7 Å². The average Bonchev–Trinajstić information content (AvgIpc) is 2.36. The van der Waals surface area contributed by atoms with Crippen molar-refractivity contribution in [3.63, 3.8) is 0 Å². The van der Waals surface area contributed by atoms with Crippen LogP contribution in [0.3, 0.4) is 0 Å². The molecule has 2 unspecified atom stereocenters. The SMILES string of the molecule is CCCC(C)C(NCC)c1c(F)cccc1OC. The van der Waals surface area contributed by atoms with Gasteiger partial charge in [-0.1, -0.05) is 33.3 Å². The molecule has 0 aliphatic carbocycles. The van der Waals surface area contributed by atoms with Gasteiger partial charge in [-0.15, -0.1) is 0 Å². The van der Waals surface area contributed by atoms with Crippen LogP contribution in [0, 0.1) is 11.7 Å². The van der Waals surface area contributed by atoms with Gasteiger partial charge in [0.25, 0.3) is 0 Å². The fourth-order valence-corrected chi connectivity index (χ4v) is 2.43. The maximum atomic E-state index is 14.1. The average molecular weight is 253 g/mol. The van der Waals surface area contributed by atoms with Gasteiger partial charge in [-0.05, 0) is 31.0 Å². The molecule has 0 saturated carbocycles. The highest BCUT2D eigenvalue weighted by atomic mass is 19.1. The maximum absolute atomic E-state index is 14.1. The van der Waals surface area contributed by atoms with E-state index in [1.807, 2.05) is 13.0 Å². The lowest BCUT2D eigenvalue weighted by atomic mass is 9.90. The Kier molecular flexibility index (Phi) is 6.13. The minimum atomic E-state index is -0.191. The molecule has 1 rings (SSSR count). The third kappa shape index (κ3) is 3.45. The molecule has 0 aliphatic rings. The van der Waals surface area contributed by atoms with Crippen molar-refractivity contribution in [2.24, 2.45) is 5.92 Å². The van der Waals surface area contributed by atoms with Gasteiger partial charge < -0.3 is 10.1 Å². The van der Waals surface area contributed by atoms with Crippen LogP contribution in [0.1, 0.15) is 45.2 Å². The van der Waals surface area contributed by atoms with E-state index >= 15 is 0 Å². The Morgan fingerprint density at radius 2 is 2.06 bits per heavy atom. The summed E-state index contributed by atoms with van der Waals surface area (Å²) in [6, 6.07) is 5.01. The van der Waals surface area contributed by atoms with Crippen LogP contribution in [0.25, 0.3) is 0 Å². The summed E-state index contributed by atoms with van der Waals surface area (Å²) >= 11 is 0. The molecule has 102 valence electrons. The predicted octanol–water partition coefficient (Wildman–Crippen LogP) is 3.92. The fourth-order valence-electron chi connectivity index (χ4n) is 2.43. The molecule has 0 aromatic heterocycles. The first kappa shape index (κ1) is 15.0. The molecule has 0 aliphatic heterocycles. The zero-order chi connectivity index (χ0) is 13.5. The summed E-state index contributed by atoms with van der Waals surface area (Å²) in [5.74, 6) is 0.813. The van der Waals surface area contributed by atoms with Crippen molar-refractivity contribution in [2.75, 3.05) is 13.7 Å². The number of benzene rings is 1. The summed E-state index contributed by atoms with van der Waals surface area (Å²) in [6.45, 7) is 7.16. The second-order valence-corrected chi connectivity index (χ2v) is 4.66. The zero-order valence-corrected chi connectivity index (χ0v) is 11.8. The van der Waals surface area contributed by atoms with Crippen LogP contribution in [0.5, 0.6) is 5.75 Å². The van der Waals surface area contributed by atoms with Crippen LogP contribution in [0.2, 0.25) is 0 Å². The second kappa shape index (κ2) is 7.37. The number of methoxy groups -OCH3 is 1. The minimum Gasteiger partial charge on any atom is -0.496 e. The van der Waals surface area contributed by atoms with Crippen LogP contribution in [0.15, 0.2) is 18.2 Å². The Hall–Kier alpha value is -1.09. The van der Waals surface area contributed by atoms with E-state index in [2.05, 4.69) is 19.2 Å². The van der Waals surface area contributed by atoms with Gasteiger partial charge >= 0.3 is 0 Å². The fraction of sp³-hybridized carbons (Fsp3) is 0.600. The van der Waals surface area contributed by atoms with E-state index in [9.17, 15) is 4.39 Å². The molecule has 0 saturated heterocycles. The van der Waals surface area contributed by atoms with Crippen molar-refractivity contribution in [1.29, 1.82) is 0 Å². The van der Waals surface area contributed by atoms with Crippen molar-refractivity contribution < 1.29 is 9.13 Å². The Bertz CT molecular complexity index is 368. The zero-order valence-electron chi connectivity index (χ0n) is 11.8. The summed E-state index contributed by atoms with van der Waals surface area (Å²) in [4.78, 5) is 0. The second-order valence-electron chi connectivity index (χ2n) is 4.66. The van der Waals surface area contributed by atoms with E-state index in [-0.39, 0.29) is 11.9 Å². The lowest BCUT2D eigenvalue weighted by Crippen LogP contribution is -2.28. The topological polar surface area (TPSA) is 21.3 Å². The monoisotopic (exact) mass is 253 g/mol. The summed E-state index contributed by atoms with van der Waals surface area (Å²) < 4.78 is 19.4. The van der Waals surface area contributed by atoms with Crippen LogP contribution in [0.4, 0.5) is 4.39 Å². The molecule has 2 nitrogen and oxygen atoms in total. The molecular weight excluding hydrogens is 229 g/mol. The molecule has 0 heterocycles. The van der Waals surface area contributed by atoms with Gasteiger partial charge in [0.1, 0.15) is 11.6 Å². The number of ether oxygens (including phenoxy) is 1. The molecule has 0 radical (unpaired) electrons. The number of hydrogen-bond donors (Lipinski definition) is 1. The smallest absolute Gasteiger partial charge is 0.131 e. The molecule has 18 heavy (non-hydrogen) atoms. The molecule has 0 fully saturated rings. The van der Waals surface area contributed by atoms with E-state index in [0.717, 1.165) is 19.4 Å². The Labute approximate surface area is 110 Å². The van der Waals surface area contributed by atoms with Gasteiger partial charge in [0.2, 0.25) is 0 Å². The van der Waals surface area contributed by atoms with Gasteiger partial charge in [0.15, 0.2) is 0 Å². The normalized spacial score (nSPS) is 14.3. The Balaban J connectivity index is 3.11.